The van der Waals surface area contributed by atoms with Crippen LogP contribution in [0.5, 0.6) is 0 Å². The minimum Gasteiger partial charge on any atom is -0.477 e. The quantitative estimate of drug-likeness (QED) is 0.886. The summed E-state index contributed by atoms with van der Waals surface area (Å²) in [4.78, 5) is 27.1. The number of carbonyl (C=O) groups is 2. The topological polar surface area (TPSA) is 79.3 Å². The summed E-state index contributed by atoms with van der Waals surface area (Å²) < 4.78 is 0. The molecule has 21 heavy (non-hydrogen) atoms. The van der Waals surface area contributed by atoms with Gasteiger partial charge in [0.15, 0.2) is 0 Å². The first-order valence-corrected chi connectivity index (χ1v) is 7.36. The summed E-state index contributed by atoms with van der Waals surface area (Å²) in [6.07, 6.45) is 0.219. The summed E-state index contributed by atoms with van der Waals surface area (Å²) in [6.45, 7) is 1.86. The Morgan fingerprint density at radius 2 is 2.19 bits per heavy atom. The lowest BCUT2D eigenvalue weighted by Crippen LogP contribution is -2.24. The second-order valence-corrected chi connectivity index (χ2v) is 5.93. The lowest BCUT2D eigenvalue weighted by atomic mass is 10.1. The van der Waals surface area contributed by atoms with Crippen LogP contribution in [0.4, 0.5) is 0 Å². The lowest BCUT2D eigenvalue weighted by Gasteiger charge is -2.03. The third kappa shape index (κ3) is 4.27. The maximum absolute atomic E-state index is 11.8. The van der Waals surface area contributed by atoms with Crippen LogP contribution in [-0.2, 0) is 17.8 Å². The molecule has 0 unspecified atom stereocenters. The molecule has 110 valence electrons. The van der Waals surface area contributed by atoms with Crippen molar-refractivity contribution in [1.82, 2.24) is 10.3 Å². The molecular formula is C14H13ClN2O3S. The Morgan fingerprint density at radius 3 is 2.81 bits per heavy atom. The summed E-state index contributed by atoms with van der Waals surface area (Å²) in [6, 6.07) is 7.09. The summed E-state index contributed by atoms with van der Waals surface area (Å²) in [5.74, 6) is -1.16. The van der Waals surface area contributed by atoms with Crippen LogP contribution in [0, 0.1) is 6.92 Å². The molecule has 2 aromatic rings. The number of carboxylic acids is 1. The van der Waals surface area contributed by atoms with Crippen molar-refractivity contribution in [3.8, 4) is 0 Å². The van der Waals surface area contributed by atoms with Crippen molar-refractivity contribution in [3.63, 3.8) is 0 Å². The fourth-order valence-corrected chi connectivity index (χ4v) is 2.85. The monoisotopic (exact) mass is 324 g/mol. The van der Waals surface area contributed by atoms with Gasteiger partial charge in [-0.25, -0.2) is 9.78 Å². The Labute approximate surface area is 130 Å². The molecule has 0 aliphatic rings. The average molecular weight is 325 g/mol. The minimum absolute atomic E-state index is 0.165. The van der Waals surface area contributed by atoms with E-state index in [2.05, 4.69) is 10.3 Å². The number of thiazole rings is 1. The molecule has 0 atom stereocenters. The van der Waals surface area contributed by atoms with Crippen molar-refractivity contribution >= 4 is 34.8 Å². The number of carbonyl (C=O) groups excluding carboxylic acids is 1. The Morgan fingerprint density at radius 1 is 1.43 bits per heavy atom. The maximum Gasteiger partial charge on any atom is 0.347 e. The molecule has 0 saturated carbocycles. The molecule has 2 rings (SSSR count). The molecule has 0 bridgehead atoms. The highest BCUT2D eigenvalue weighted by Gasteiger charge is 2.14. The highest BCUT2D eigenvalue weighted by molar-refractivity contribution is 7.13. The third-order valence-corrected chi connectivity index (χ3v) is 4.11. The number of benzene rings is 1. The molecule has 0 spiro atoms. The van der Waals surface area contributed by atoms with Crippen molar-refractivity contribution < 1.29 is 14.7 Å². The first kappa shape index (κ1) is 15.5. The van der Waals surface area contributed by atoms with E-state index in [-0.39, 0.29) is 23.7 Å². The molecule has 1 aromatic carbocycles. The number of aromatic nitrogens is 1. The Balaban J connectivity index is 1.92. The largest absolute Gasteiger partial charge is 0.477 e. The van der Waals surface area contributed by atoms with Crippen molar-refractivity contribution in [3.05, 3.63) is 50.4 Å². The molecule has 1 aromatic heterocycles. The van der Waals surface area contributed by atoms with Crippen LogP contribution in [0.1, 0.15) is 25.9 Å². The third-order valence-electron chi connectivity index (χ3n) is 2.73. The first-order valence-electron chi connectivity index (χ1n) is 6.16. The smallest absolute Gasteiger partial charge is 0.347 e. The number of hydrogen-bond acceptors (Lipinski definition) is 4. The molecule has 0 saturated heterocycles. The first-order chi connectivity index (χ1) is 9.95. The fraction of sp³-hybridized carbons (Fsp3) is 0.214. The summed E-state index contributed by atoms with van der Waals surface area (Å²) in [5, 5.41) is 12.8. The number of nitrogens with one attached hydrogen (secondary N) is 1. The van der Waals surface area contributed by atoms with Crippen LogP contribution in [-0.4, -0.2) is 22.0 Å². The van der Waals surface area contributed by atoms with Crippen LogP contribution in [0.15, 0.2) is 24.3 Å². The van der Waals surface area contributed by atoms with Crippen molar-refractivity contribution in [2.45, 2.75) is 19.9 Å². The van der Waals surface area contributed by atoms with E-state index in [4.69, 9.17) is 16.7 Å². The van der Waals surface area contributed by atoms with Crippen LogP contribution < -0.4 is 5.32 Å². The second kappa shape index (κ2) is 6.69. The van der Waals surface area contributed by atoms with Crippen LogP contribution >= 0.6 is 22.9 Å². The number of rotatable bonds is 5. The zero-order valence-corrected chi connectivity index (χ0v) is 12.8. The normalized spacial score (nSPS) is 10.4. The number of aromatic carboxylic acids is 1. The van der Waals surface area contributed by atoms with E-state index in [1.54, 1.807) is 25.1 Å². The Bertz CT molecular complexity index is 685. The van der Waals surface area contributed by atoms with Gasteiger partial charge in [-0.05, 0) is 24.6 Å². The van der Waals surface area contributed by atoms with E-state index in [1.807, 2.05) is 6.07 Å². The number of hydrogen-bond donors (Lipinski definition) is 2. The summed E-state index contributed by atoms with van der Waals surface area (Å²) in [7, 11) is 0. The van der Waals surface area contributed by atoms with Gasteiger partial charge in [-0.1, -0.05) is 23.7 Å². The van der Waals surface area contributed by atoms with E-state index < -0.39 is 5.97 Å². The van der Waals surface area contributed by atoms with Gasteiger partial charge in [0.05, 0.1) is 18.7 Å². The van der Waals surface area contributed by atoms with Gasteiger partial charge in [-0.3, -0.25) is 4.79 Å². The van der Waals surface area contributed by atoms with Gasteiger partial charge in [0.2, 0.25) is 5.91 Å². The molecule has 0 radical (unpaired) electrons. The van der Waals surface area contributed by atoms with Gasteiger partial charge in [0.25, 0.3) is 0 Å². The fourth-order valence-electron chi connectivity index (χ4n) is 1.80. The van der Waals surface area contributed by atoms with E-state index in [9.17, 15) is 9.59 Å². The molecule has 0 aliphatic heterocycles. The van der Waals surface area contributed by atoms with Crippen LogP contribution in [0.25, 0.3) is 0 Å². The van der Waals surface area contributed by atoms with Gasteiger partial charge in [-0.2, -0.15) is 0 Å². The molecule has 5 nitrogen and oxygen atoms in total. The highest BCUT2D eigenvalue weighted by Crippen LogP contribution is 2.17. The summed E-state index contributed by atoms with van der Waals surface area (Å²) in [5.41, 5.74) is 1.29. The van der Waals surface area contributed by atoms with Gasteiger partial charge in [0, 0.05) is 5.02 Å². The Hall–Kier alpha value is -1.92. The van der Waals surface area contributed by atoms with Gasteiger partial charge >= 0.3 is 5.97 Å². The minimum atomic E-state index is -0.999. The van der Waals surface area contributed by atoms with Gasteiger partial charge in [-0.15, -0.1) is 11.3 Å². The van der Waals surface area contributed by atoms with Gasteiger partial charge in [0.1, 0.15) is 9.88 Å². The van der Waals surface area contributed by atoms with E-state index in [1.165, 1.54) is 0 Å². The predicted molar refractivity (Wildman–Crippen MR) is 80.8 cm³/mol. The molecule has 7 heteroatoms. The Kier molecular flexibility index (Phi) is 4.93. The predicted octanol–water partition coefficient (Wildman–Crippen LogP) is 2.66. The number of halogens is 1. The highest BCUT2D eigenvalue weighted by atomic mass is 35.5. The van der Waals surface area contributed by atoms with Crippen molar-refractivity contribution in [2.24, 2.45) is 0 Å². The zero-order valence-electron chi connectivity index (χ0n) is 11.2. The second-order valence-electron chi connectivity index (χ2n) is 4.41. The average Bonchev–Trinajstić information content (AvgIpc) is 2.78. The van der Waals surface area contributed by atoms with Crippen LogP contribution in [0.2, 0.25) is 5.02 Å². The zero-order chi connectivity index (χ0) is 15.4. The molecule has 0 fully saturated rings. The maximum atomic E-state index is 11.8. The number of nitrogens with zero attached hydrogens (tertiary/aromatic N) is 1. The number of amides is 1. The van der Waals surface area contributed by atoms with E-state index >= 15 is 0 Å². The standard InChI is InChI=1S/C14H13ClN2O3S/c1-8-13(14(19)20)21-12(17-8)7-16-11(18)6-9-3-2-4-10(15)5-9/h2-5H,6-7H2,1H3,(H,16,18)(H,19,20). The van der Waals surface area contributed by atoms with Crippen LogP contribution in [0.3, 0.4) is 0 Å². The molecule has 0 aliphatic carbocycles. The molecule has 1 amide bonds. The molecular weight excluding hydrogens is 312 g/mol. The van der Waals surface area contributed by atoms with Crippen molar-refractivity contribution in [2.75, 3.05) is 0 Å². The molecule has 1 heterocycles. The van der Waals surface area contributed by atoms with E-state index in [0.717, 1.165) is 16.9 Å². The van der Waals surface area contributed by atoms with Crippen molar-refractivity contribution in [1.29, 1.82) is 0 Å². The van der Waals surface area contributed by atoms with Gasteiger partial charge < -0.3 is 10.4 Å². The lowest BCUT2D eigenvalue weighted by molar-refractivity contribution is -0.120. The number of carboxylic acid groups (broad SMARTS) is 1. The number of aryl methyl sites for hydroxylation is 1. The SMILES string of the molecule is Cc1nc(CNC(=O)Cc2cccc(Cl)c2)sc1C(=O)O. The van der Waals surface area contributed by atoms with E-state index in [0.29, 0.717) is 15.7 Å². The molecule has 2 N–H and O–H groups in total. The summed E-state index contributed by atoms with van der Waals surface area (Å²) >= 11 is 6.93.